The van der Waals surface area contributed by atoms with E-state index in [0.717, 1.165) is 0 Å². The first-order valence-electron chi connectivity index (χ1n) is 4.02. The van der Waals surface area contributed by atoms with Crippen molar-refractivity contribution < 1.29 is 9.90 Å². The molecule has 1 amide bonds. The highest BCUT2D eigenvalue weighted by Gasteiger charge is 2.15. The van der Waals surface area contributed by atoms with Gasteiger partial charge < -0.3 is 16.2 Å². The summed E-state index contributed by atoms with van der Waals surface area (Å²) in [6, 6.07) is -0.452. The van der Waals surface area contributed by atoms with Crippen molar-refractivity contribution in [2.45, 2.75) is 38.8 Å². The van der Waals surface area contributed by atoms with Gasteiger partial charge in [-0.15, -0.1) is 0 Å². The van der Waals surface area contributed by atoms with Crippen LogP contribution in [0.5, 0.6) is 0 Å². The van der Waals surface area contributed by atoms with Crippen LogP contribution in [0.1, 0.15) is 27.2 Å². The van der Waals surface area contributed by atoms with E-state index in [2.05, 4.69) is 5.32 Å². The van der Waals surface area contributed by atoms with Crippen LogP contribution in [0, 0.1) is 0 Å². The van der Waals surface area contributed by atoms with Crippen LogP contribution in [-0.2, 0) is 4.79 Å². The minimum absolute atomic E-state index is 0.121. The number of hydrogen-bond donors (Lipinski definition) is 3. The van der Waals surface area contributed by atoms with Gasteiger partial charge in [0.25, 0.3) is 0 Å². The molecule has 0 aliphatic heterocycles. The predicted molar refractivity (Wildman–Crippen MR) is 47.6 cm³/mol. The van der Waals surface area contributed by atoms with Gasteiger partial charge in [-0.1, -0.05) is 0 Å². The van der Waals surface area contributed by atoms with Crippen LogP contribution in [-0.4, -0.2) is 29.2 Å². The number of nitrogens with one attached hydrogen (secondary N) is 1. The van der Waals surface area contributed by atoms with Crippen molar-refractivity contribution in [3.8, 4) is 0 Å². The topological polar surface area (TPSA) is 75.4 Å². The maximum Gasteiger partial charge on any atom is 0.222 e. The zero-order valence-electron chi connectivity index (χ0n) is 7.92. The zero-order chi connectivity index (χ0) is 9.78. The van der Waals surface area contributed by atoms with Crippen molar-refractivity contribution >= 4 is 5.91 Å². The van der Waals surface area contributed by atoms with Gasteiger partial charge in [0.1, 0.15) is 0 Å². The van der Waals surface area contributed by atoms with Gasteiger partial charge in [-0.3, -0.25) is 4.79 Å². The summed E-state index contributed by atoms with van der Waals surface area (Å²) in [5.41, 5.74) is 5.15. The van der Waals surface area contributed by atoms with Gasteiger partial charge in [0, 0.05) is 18.0 Å². The third-order valence-corrected chi connectivity index (χ3v) is 1.20. The van der Waals surface area contributed by atoms with Crippen LogP contribution in [0.2, 0.25) is 0 Å². The summed E-state index contributed by atoms with van der Waals surface area (Å²) >= 11 is 0. The van der Waals surface area contributed by atoms with E-state index in [1.54, 1.807) is 0 Å². The van der Waals surface area contributed by atoms with Crippen molar-refractivity contribution in [2.75, 3.05) is 6.61 Å². The summed E-state index contributed by atoms with van der Waals surface area (Å²) in [7, 11) is 0. The Morgan fingerprint density at radius 2 is 2.08 bits per heavy atom. The number of nitrogens with two attached hydrogens (primary N) is 1. The molecule has 1 atom stereocenters. The molecule has 0 spiro atoms. The highest BCUT2D eigenvalue weighted by atomic mass is 16.3. The Balaban J connectivity index is 3.75. The Labute approximate surface area is 73.1 Å². The van der Waals surface area contributed by atoms with E-state index < -0.39 is 6.04 Å². The predicted octanol–water partition coefficient (Wildman–Crippen LogP) is -0.389. The van der Waals surface area contributed by atoms with Crippen LogP contribution in [0.3, 0.4) is 0 Å². The summed E-state index contributed by atoms with van der Waals surface area (Å²) in [4.78, 5) is 11.1. The highest BCUT2D eigenvalue weighted by Crippen LogP contribution is 1.99. The molecule has 4 N–H and O–H groups in total. The molecule has 72 valence electrons. The second-order valence-corrected chi connectivity index (χ2v) is 3.94. The van der Waals surface area contributed by atoms with Crippen LogP contribution in [0.4, 0.5) is 0 Å². The molecule has 0 saturated heterocycles. The minimum atomic E-state index is -0.452. The molecular formula is C8H18N2O2. The average molecular weight is 174 g/mol. The molecule has 0 aromatic carbocycles. The summed E-state index contributed by atoms with van der Waals surface area (Å²) in [6.07, 6.45) is 0.174. The van der Waals surface area contributed by atoms with Crippen molar-refractivity contribution in [1.29, 1.82) is 0 Å². The van der Waals surface area contributed by atoms with Gasteiger partial charge in [-0.25, -0.2) is 0 Å². The molecule has 0 fully saturated rings. The van der Waals surface area contributed by atoms with Crippen LogP contribution >= 0.6 is 0 Å². The van der Waals surface area contributed by atoms with Crippen LogP contribution < -0.4 is 11.1 Å². The molecule has 0 radical (unpaired) electrons. The molecule has 4 heteroatoms. The summed E-state index contributed by atoms with van der Waals surface area (Å²) in [5.74, 6) is -0.121. The smallest absolute Gasteiger partial charge is 0.222 e. The van der Waals surface area contributed by atoms with E-state index >= 15 is 0 Å². The molecule has 0 saturated carbocycles. The molecule has 0 aromatic heterocycles. The molecule has 0 aliphatic carbocycles. The lowest BCUT2D eigenvalue weighted by Crippen LogP contribution is -2.43. The summed E-state index contributed by atoms with van der Waals surface area (Å²) < 4.78 is 0. The standard InChI is InChI=1S/C8H18N2O2/c1-8(2,3)10-7(12)4-6(9)5-11/h6,11H,4-5,9H2,1-3H3,(H,10,12)/t6-/m0/s1. The fourth-order valence-electron chi connectivity index (χ4n) is 0.772. The fourth-order valence-corrected chi connectivity index (χ4v) is 0.772. The molecule has 0 aliphatic rings. The van der Waals surface area contributed by atoms with Crippen LogP contribution in [0.15, 0.2) is 0 Å². The molecule has 0 heterocycles. The summed E-state index contributed by atoms with van der Waals surface area (Å²) in [6.45, 7) is 5.54. The van der Waals surface area contributed by atoms with Gasteiger partial charge in [0.2, 0.25) is 5.91 Å². The van der Waals surface area contributed by atoms with E-state index in [0.29, 0.717) is 0 Å². The molecule has 4 nitrogen and oxygen atoms in total. The van der Waals surface area contributed by atoms with Gasteiger partial charge in [0.05, 0.1) is 6.61 Å². The number of hydrogen-bond acceptors (Lipinski definition) is 3. The molecule has 0 aromatic rings. The van der Waals surface area contributed by atoms with Gasteiger partial charge in [-0.2, -0.15) is 0 Å². The lowest BCUT2D eigenvalue weighted by Gasteiger charge is -2.21. The Morgan fingerprint density at radius 1 is 1.58 bits per heavy atom. The first-order valence-corrected chi connectivity index (χ1v) is 4.02. The number of rotatable bonds is 3. The Hall–Kier alpha value is -0.610. The van der Waals surface area contributed by atoms with Gasteiger partial charge in [0.15, 0.2) is 0 Å². The van der Waals surface area contributed by atoms with Crippen molar-refractivity contribution in [3.63, 3.8) is 0 Å². The molecule has 12 heavy (non-hydrogen) atoms. The lowest BCUT2D eigenvalue weighted by molar-refractivity contribution is -0.123. The van der Waals surface area contributed by atoms with Crippen LogP contribution in [0.25, 0.3) is 0 Å². The van der Waals surface area contributed by atoms with Gasteiger partial charge in [-0.05, 0) is 20.8 Å². The Morgan fingerprint density at radius 3 is 2.42 bits per heavy atom. The highest BCUT2D eigenvalue weighted by molar-refractivity contribution is 5.77. The third-order valence-electron chi connectivity index (χ3n) is 1.20. The molecule has 0 bridgehead atoms. The Bertz CT molecular complexity index is 152. The lowest BCUT2D eigenvalue weighted by atomic mass is 10.1. The van der Waals surface area contributed by atoms with E-state index in [1.165, 1.54) is 0 Å². The monoisotopic (exact) mass is 174 g/mol. The van der Waals surface area contributed by atoms with Gasteiger partial charge >= 0.3 is 0 Å². The van der Waals surface area contributed by atoms with E-state index in [-0.39, 0.29) is 24.5 Å². The number of carbonyl (C=O) groups excluding carboxylic acids is 1. The quantitative estimate of drug-likeness (QED) is 0.545. The number of aliphatic hydroxyl groups excluding tert-OH is 1. The van der Waals surface area contributed by atoms with Crippen molar-refractivity contribution in [1.82, 2.24) is 5.32 Å². The maximum absolute atomic E-state index is 11.1. The first-order chi connectivity index (χ1) is 5.35. The number of amides is 1. The maximum atomic E-state index is 11.1. The largest absolute Gasteiger partial charge is 0.395 e. The average Bonchev–Trinajstić information content (AvgIpc) is 1.82. The third kappa shape index (κ3) is 6.12. The molecule has 0 rings (SSSR count). The second-order valence-electron chi connectivity index (χ2n) is 3.94. The number of carbonyl (C=O) groups is 1. The van der Waals surface area contributed by atoms with Crippen molar-refractivity contribution in [3.05, 3.63) is 0 Å². The fraction of sp³-hybridized carbons (Fsp3) is 0.875. The van der Waals surface area contributed by atoms with Crippen molar-refractivity contribution in [2.24, 2.45) is 5.73 Å². The Kier molecular flexibility index (Phi) is 4.20. The van der Waals surface area contributed by atoms with E-state index in [9.17, 15) is 4.79 Å². The SMILES string of the molecule is CC(C)(C)NC(=O)C[C@H](N)CO. The zero-order valence-corrected chi connectivity index (χ0v) is 7.92. The molecular weight excluding hydrogens is 156 g/mol. The minimum Gasteiger partial charge on any atom is -0.395 e. The van der Waals surface area contributed by atoms with E-state index in [4.69, 9.17) is 10.8 Å². The normalized spacial score (nSPS) is 14.1. The molecule has 0 unspecified atom stereocenters. The second kappa shape index (κ2) is 4.42. The number of aliphatic hydroxyl groups is 1. The summed E-state index contributed by atoms with van der Waals surface area (Å²) in [5, 5.41) is 11.3. The van der Waals surface area contributed by atoms with E-state index in [1.807, 2.05) is 20.8 Å². The first kappa shape index (κ1) is 11.4.